The molecule has 1 aromatic heterocycles. The molecule has 0 bridgehead atoms. The Bertz CT molecular complexity index is 671. The molecule has 0 radical (unpaired) electrons. The number of carbonyl (C=O) groups is 1. The van der Waals surface area contributed by atoms with Crippen LogP contribution in [0.5, 0.6) is 0 Å². The summed E-state index contributed by atoms with van der Waals surface area (Å²) < 4.78 is 5.58. The second-order valence-electron chi connectivity index (χ2n) is 5.71. The lowest BCUT2D eigenvalue weighted by Crippen LogP contribution is -2.29. The summed E-state index contributed by atoms with van der Waals surface area (Å²) in [6.45, 7) is 2.51. The highest BCUT2D eigenvalue weighted by molar-refractivity contribution is 7.15. The summed E-state index contributed by atoms with van der Waals surface area (Å²) in [5.74, 6) is -0.168. The van der Waals surface area contributed by atoms with Crippen molar-refractivity contribution in [3.05, 3.63) is 40.4 Å². The highest BCUT2D eigenvalue weighted by Gasteiger charge is 2.30. The first-order chi connectivity index (χ1) is 11.1. The fourth-order valence-corrected chi connectivity index (χ4v) is 3.29. The number of nitrogens with two attached hydrogens (primary N) is 1. The summed E-state index contributed by atoms with van der Waals surface area (Å²) >= 11 is 1.39. The molecule has 1 aliphatic heterocycles. The Hall–Kier alpha value is -1.83. The third kappa shape index (κ3) is 4.13. The van der Waals surface area contributed by atoms with Gasteiger partial charge in [0, 0.05) is 13.0 Å². The van der Waals surface area contributed by atoms with E-state index in [2.05, 4.69) is 46.7 Å². The number of hydrogen-bond acceptors (Lipinski definition) is 6. The minimum absolute atomic E-state index is 0.0164. The minimum atomic E-state index is -0.437. The molecule has 0 saturated carbocycles. The van der Waals surface area contributed by atoms with Crippen molar-refractivity contribution in [1.82, 2.24) is 10.2 Å². The second-order valence-corrected chi connectivity index (χ2v) is 6.77. The Morgan fingerprint density at radius 3 is 2.83 bits per heavy atom. The number of hydrogen-bond donors (Lipinski definition) is 2. The maximum Gasteiger partial charge on any atom is 0.255 e. The van der Waals surface area contributed by atoms with Crippen LogP contribution >= 0.6 is 11.3 Å². The second kappa shape index (κ2) is 7.16. The molecule has 1 amide bonds. The fraction of sp³-hybridized carbons (Fsp3) is 0.438. The van der Waals surface area contributed by atoms with Crippen molar-refractivity contribution in [1.29, 1.82) is 0 Å². The highest BCUT2D eigenvalue weighted by Crippen LogP contribution is 2.23. The van der Waals surface area contributed by atoms with E-state index < -0.39 is 6.10 Å². The van der Waals surface area contributed by atoms with E-state index in [1.54, 1.807) is 0 Å². The van der Waals surface area contributed by atoms with Crippen LogP contribution in [0.25, 0.3) is 0 Å². The molecule has 2 heterocycles. The van der Waals surface area contributed by atoms with Gasteiger partial charge in [-0.1, -0.05) is 41.2 Å². The molecule has 1 fully saturated rings. The SMILES string of the molecule is Cc1ccc(Cc2nnc(NC(=O)[C@@H]3CC[C@H](CN)O3)s2)cc1. The summed E-state index contributed by atoms with van der Waals surface area (Å²) in [4.78, 5) is 12.1. The van der Waals surface area contributed by atoms with Crippen molar-refractivity contribution < 1.29 is 9.53 Å². The molecule has 0 aliphatic carbocycles. The van der Waals surface area contributed by atoms with Crippen molar-refractivity contribution in [3.63, 3.8) is 0 Å². The van der Waals surface area contributed by atoms with Crippen molar-refractivity contribution >= 4 is 22.4 Å². The van der Waals surface area contributed by atoms with E-state index >= 15 is 0 Å². The lowest BCUT2D eigenvalue weighted by Gasteiger charge is -2.10. The maximum atomic E-state index is 12.1. The number of nitrogens with zero attached hydrogens (tertiary/aromatic N) is 2. The van der Waals surface area contributed by atoms with Gasteiger partial charge in [-0.15, -0.1) is 10.2 Å². The van der Waals surface area contributed by atoms with Crippen LogP contribution in [0.1, 0.15) is 29.0 Å². The number of rotatable bonds is 5. The van der Waals surface area contributed by atoms with Gasteiger partial charge in [0.1, 0.15) is 11.1 Å². The number of nitrogens with one attached hydrogen (secondary N) is 1. The molecule has 7 heteroatoms. The van der Waals surface area contributed by atoms with Crippen molar-refractivity contribution in [2.45, 2.75) is 38.4 Å². The van der Waals surface area contributed by atoms with E-state index in [0.717, 1.165) is 11.4 Å². The topological polar surface area (TPSA) is 90.1 Å². The predicted molar refractivity (Wildman–Crippen MR) is 89.5 cm³/mol. The van der Waals surface area contributed by atoms with Crippen LogP contribution in [-0.2, 0) is 16.0 Å². The van der Waals surface area contributed by atoms with Gasteiger partial charge >= 0.3 is 0 Å². The molecule has 0 unspecified atom stereocenters. The molecule has 3 N–H and O–H groups in total. The molecular formula is C16H20N4O2S. The van der Waals surface area contributed by atoms with Gasteiger partial charge in [0.2, 0.25) is 5.13 Å². The number of benzene rings is 1. The number of carbonyl (C=O) groups excluding carboxylic acids is 1. The molecule has 3 rings (SSSR count). The number of ether oxygens (including phenoxy) is 1. The largest absolute Gasteiger partial charge is 0.364 e. The molecule has 0 spiro atoms. The van der Waals surface area contributed by atoms with E-state index in [1.807, 2.05) is 0 Å². The van der Waals surface area contributed by atoms with Gasteiger partial charge in [0.25, 0.3) is 5.91 Å². The normalized spacial score (nSPS) is 20.6. The van der Waals surface area contributed by atoms with E-state index in [9.17, 15) is 4.79 Å². The Morgan fingerprint density at radius 2 is 2.13 bits per heavy atom. The van der Waals surface area contributed by atoms with Gasteiger partial charge in [-0.25, -0.2) is 0 Å². The zero-order valence-corrected chi connectivity index (χ0v) is 13.8. The van der Waals surface area contributed by atoms with E-state index in [-0.39, 0.29) is 12.0 Å². The van der Waals surface area contributed by atoms with Crippen LogP contribution in [0.3, 0.4) is 0 Å². The van der Waals surface area contributed by atoms with Crippen molar-refractivity contribution in [2.24, 2.45) is 5.73 Å². The summed E-state index contributed by atoms with van der Waals surface area (Å²) in [5, 5.41) is 12.3. The van der Waals surface area contributed by atoms with Gasteiger partial charge in [0.15, 0.2) is 0 Å². The average molecular weight is 332 g/mol. The monoisotopic (exact) mass is 332 g/mol. The van der Waals surface area contributed by atoms with E-state index in [1.165, 1.54) is 22.5 Å². The van der Waals surface area contributed by atoms with Gasteiger partial charge in [-0.2, -0.15) is 0 Å². The number of amides is 1. The molecule has 1 aromatic carbocycles. The third-order valence-corrected chi connectivity index (χ3v) is 4.67. The predicted octanol–water partition coefficient (Wildman–Crippen LogP) is 1.88. The van der Waals surface area contributed by atoms with Gasteiger partial charge in [0.05, 0.1) is 6.10 Å². The Labute approximate surface area is 139 Å². The number of anilines is 1. The number of aromatic nitrogens is 2. The van der Waals surface area contributed by atoms with Crippen LogP contribution in [0, 0.1) is 6.92 Å². The van der Waals surface area contributed by atoms with Crippen molar-refractivity contribution in [2.75, 3.05) is 11.9 Å². The molecule has 2 atom stereocenters. The van der Waals surface area contributed by atoms with E-state index in [4.69, 9.17) is 10.5 Å². The van der Waals surface area contributed by atoms with Crippen LogP contribution in [0.4, 0.5) is 5.13 Å². The molecule has 122 valence electrons. The lowest BCUT2D eigenvalue weighted by atomic mass is 10.1. The summed E-state index contributed by atoms with van der Waals surface area (Å²) in [7, 11) is 0. The first kappa shape index (κ1) is 16.0. The zero-order valence-electron chi connectivity index (χ0n) is 13.0. The summed E-state index contributed by atoms with van der Waals surface area (Å²) in [5.41, 5.74) is 7.96. The highest BCUT2D eigenvalue weighted by atomic mass is 32.1. The summed E-state index contributed by atoms with van der Waals surface area (Å²) in [6, 6.07) is 8.30. The lowest BCUT2D eigenvalue weighted by molar-refractivity contribution is -0.126. The molecule has 1 aliphatic rings. The molecule has 23 heavy (non-hydrogen) atoms. The van der Waals surface area contributed by atoms with Crippen LogP contribution in [0.15, 0.2) is 24.3 Å². The minimum Gasteiger partial charge on any atom is -0.364 e. The Morgan fingerprint density at radius 1 is 1.35 bits per heavy atom. The first-order valence-corrected chi connectivity index (χ1v) is 8.50. The average Bonchev–Trinajstić information content (AvgIpc) is 3.19. The van der Waals surface area contributed by atoms with Gasteiger partial charge < -0.3 is 10.5 Å². The standard InChI is InChI=1S/C16H20N4O2S/c1-10-2-4-11(5-3-10)8-14-19-20-16(23-14)18-15(21)13-7-6-12(9-17)22-13/h2-5,12-13H,6-9,17H2,1H3,(H,18,20,21)/t12-,13+/m1/s1. The summed E-state index contributed by atoms with van der Waals surface area (Å²) in [6.07, 6.45) is 1.78. The quantitative estimate of drug-likeness (QED) is 0.872. The van der Waals surface area contributed by atoms with Crippen LogP contribution in [0.2, 0.25) is 0 Å². The van der Waals surface area contributed by atoms with E-state index in [0.29, 0.717) is 24.5 Å². The molecule has 2 aromatic rings. The smallest absolute Gasteiger partial charge is 0.255 e. The Balaban J connectivity index is 1.57. The van der Waals surface area contributed by atoms with Crippen LogP contribution in [-0.4, -0.2) is 34.9 Å². The maximum absolute atomic E-state index is 12.1. The van der Waals surface area contributed by atoms with Gasteiger partial charge in [-0.3, -0.25) is 10.1 Å². The van der Waals surface area contributed by atoms with Gasteiger partial charge in [-0.05, 0) is 25.3 Å². The Kier molecular flexibility index (Phi) is 5.00. The zero-order chi connectivity index (χ0) is 16.2. The first-order valence-electron chi connectivity index (χ1n) is 7.68. The fourth-order valence-electron chi connectivity index (χ4n) is 2.51. The molecular weight excluding hydrogens is 312 g/mol. The van der Waals surface area contributed by atoms with Crippen LogP contribution < -0.4 is 11.1 Å². The molecule has 1 saturated heterocycles. The third-order valence-electron chi connectivity index (χ3n) is 3.84. The molecule has 6 nitrogen and oxygen atoms in total. The van der Waals surface area contributed by atoms with Crippen molar-refractivity contribution in [3.8, 4) is 0 Å². The number of aryl methyl sites for hydroxylation is 1.